The molecule has 1 heterocycles. The zero-order chi connectivity index (χ0) is 16.0. The van der Waals surface area contributed by atoms with Crippen LogP contribution in [-0.4, -0.2) is 19.7 Å². The van der Waals surface area contributed by atoms with E-state index >= 15 is 0 Å². The van der Waals surface area contributed by atoms with Gasteiger partial charge in [-0.25, -0.2) is 8.42 Å². The predicted molar refractivity (Wildman–Crippen MR) is 94.6 cm³/mol. The largest absolute Gasteiger partial charge is 0.264 e. The van der Waals surface area contributed by atoms with Crippen LogP contribution in [0.2, 0.25) is 0 Å². The van der Waals surface area contributed by atoms with Crippen LogP contribution in [0.1, 0.15) is 24.8 Å². The van der Waals surface area contributed by atoms with Crippen molar-refractivity contribution in [2.75, 3.05) is 4.31 Å². The summed E-state index contributed by atoms with van der Waals surface area (Å²) in [6, 6.07) is 15.1. The van der Waals surface area contributed by atoms with E-state index in [1.807, 2.05) is 55.1 Å². The molecule has 0 spiro atoms. The second-order valence-corrected chi connectivity index (χ2v) is 9.33. The molecule has 120 valence electrons. The van der Waals surface area contributed by atoms with Crippen molar-refractivity contribution in [3.05, 3.63) is 54.1 Å². The highest BCUT2D eigenvalue weighted by Crippen LogP contribution is 2.49. The molecule has 2 aliphatic rings. The van der Waals surface area contributed by atoms with Crippen LogP contribution in [0.15, 0.2) is 58.3 Å². The fourth-order valence-corrected chi connectivity index (χ4v) is 6.86. The molecule has 2 atom stereocenters. The highest BCUT2D eigenvalue weighted by atomic mass is 32.2. The van der Waals surface area contributed by atoms with Crippen LogP contribution in [-0.2, 0) is 10.0 Å². The molecule has 1 saturated carbocycles. The molecule has 1 aliphatic heterocycles. The van der Waals surface area contributed by atoms with Gasteiger partial charge < -0.3 is 0 Å². The minimum absolute atomic E-state index is 0.0706. The first kappa shape index (κ1) is 15.1. The standard InChI is InChI=1S/C18H19NO2S2/c1-13-9-11-14(12-10-13)23(20,21)19-15-5-2-3-7-17(15)22-18-8-4-6-16(18)19/h2-3,5,7,9-12,16,18H,4,6,8H2,1H3/t16-,18-/m0/s1. The van der Waals surface area contributed by atoms with Crippen LogP contribution in [0.3, 0.4) is 0 Å². The molecule has 5 heteroatoms. The number of sulfonamides is 1. The Morgan fingerprint density at radius 2 is 1.78 bits per heavy atom. The molecule has 4 rings (SSSR count). The number of thioether (sulfide) groups is 1. The third-order valence-electron chi connectivity index (χ3n) is 4.68. The van der Waals surface area contributed by atoms with Crippen molar-refractivity contribution in [2.45, 2.75) is 47.3 Å². The van der Waals surface area contributed by atoms with Gasteiger partial charge in [-0.1, -0.05) is 36.2 Å². The summed E-state index contributed by atoms with van der Waals surface area (Å²) in [5, 5.41) is 0.366. The maximum Gasteiger partial charge on any atom is 0.264 e. The van der Waals surface area contributed by atoms with E-state index in [4.69, 9.17) is 0 Å². The summed E-state index contributed by atoms with van der Waals surface area (Å²) in [6.45, 7) is 1.97. The topological polar surface area (TPSA) is 37.4 Å². The first-order valence-electron chi connectivity index (χ1n) is 7.94. The summed E-state index contributed by atoms with van der Waals surface area (Å²) in [4.78, 5) is 1.46. The summed E-state index contributed by atoms with van der Waals surface area (Å²) in [6.07, 6.45) is 3.12. The van der Waals surface area contributed by atoms with Gasteiger partial charge in [-0.2, -0.15) is 0 Å². The predicted octanol–water partition coefficient (Wildman–Crippen LogP) is 4.22. The van der Waals surface area contributed by atoms with Crippen molar-refractivity contribution in [3.8, 4) is 0 Å². The average molecular weight is 345 g/mol. The van der Waals surface area contributed by atoms with E-state index in [1.54, 1.807) is 16.4 Å². The molecule has 0 N–H and O–H groups in total. The van der Waals surface area contributed by atoms with E-state index in [0.717, 1.165) is 35.4 Å². The SMILES string of the molecule is Cc1ccc(S(=O)(=O)N2c3ccccc3S[C@H]3CCC[C@@H]32)cc1. The molecule has 23 heavy (non-hydrogen) atoms. The average Bonchev–Trinajstić information content (AvgIpc) is 3.00. The molecule has 0 saturated heterocycles. The first-order chi connectivity index (χ1) is 11.1. The van der Waals surface area contributed by atoms with E-state index in [0.29, 0.717) is 10.1 Å². The van der Waals surface area contributed by atoms with Gasteiger partial charge in [0.15, 0.2) is 0 Å². The summed E-state index contributed by atoms with van der Waals surface area (Å²) >= 11 is 1.84. The van der Waals surface area contributed by atoms with Gasteiger partial charge in [0.1, 0.15) is 0 Å². The minimum atomic E-state index is -3.53. The van der Waals surface area contributed by atoms with E-state index in [-0.39, 0.29) is 6.04 Å². The molecule has 0 unspecified atom stereocenters. The van der Waals surface area contributed by atoms with E-state index in [2.05, 4.69) is 0 Å². The van der Waals surface area contributed by atoms with Gasteiger partial charge in [0.2, 0.25) is 0 Å². The molecule has 1 fully saturated rings. The number of aryl methyl sites for hydroxylation is 1. The van der Waals surface area contributed by atoms with Crippen molar-refractivity contribution in [2.24, 2.45) is 0 Å². The molecular formula is C18H19NO2S2. The second kappa shape index (κ2) is 5.56. The Labute approximate surface area is 141 Å². The van der Waals surface area contributed by atoms with Gasteiger partial charge in [0, 0.05) is 10.1 Å². The quantitative estimate of drug-likeness (QED) is 0.818. The first-order valence-corrected chi connectivity index (χ1v) is 10.3. The summed E-state index contributed by atoms with van der Waals surface area (Å²) in [5.74, 6) is 0. The second-order valence-electron chi connectivity index (χ2n) is 6.24. The zero-order valence-electron chi connectivity index (χ0n) is 13.0. The molecular weight excluding hydrogens is 326 g/mol. The van der Waals surface area contributed by atoms with Crippen LogP contribution < -0.4 is 4.31 Å². The minimum Gasteiger partial charge on any atom is -0.261 e. The van der Waals surface area contributed by atoms with Gasteiger partial charge in [0.05, 0.1) is 16.6 Å². The smallest absolute Gasteiger partial charge is 0.261 e. The zero-order valence-corrected chi connectivity index (χ0v) is 14.6. The number of nitrogens with zero attached hydrogens (tertiary/aromatic N) is 1. The molecule has 2 aromatic rings. The van der Waals surface area contributed by atoms with E-state index in [1.165, 1.54) is 0 Å². The highest BCUT2D eigenvalue weighted by Gasteiger charge is 2.43. The van der Waals surface area contributed by atoms with Crippen LogP contribution in [0.25, 0.3) is 0 Å². The van der Waals surface area contributed by atoms with Gasteiger partial charge >= 0.3 is 0 Å². The summed E-state index contributed by atoms with van der Waals surface area (Å²) < 4.78 is 28.3. The Morgan fingerprint density at radius 1 is 1.04 bits per heavy atom. The van der Waals surface area contributed by atoms with Crippen molar-refractivity contribution in [3.63, 3.8) is 0 Å². The number of rotatable bonds is 2. The number of para-hydroxylation sites is 1. The van der Waals surface area contributed by atoms with Gasteiger partial charge in [-0.05, 0) is 44.0 Å². The van der Waals surface area contributed by atoms with Crippen molar-refractivity contribution >= 4 is 27.5 Å². The van der Waals surface area contributed by atoms with Crippen LogP contribution in [0, 0.1) is 6.92 Å². The number of fused-ring (bicyclic) bond motifs is 2. The Kier molecular flexibility index (Phi) is 3.65. The molecule has 0 bridgehead atoms. The lowest BCUT2D eigenvalue weighted by molar-refractivity contribution is 0.574. The number of hydrogen-bond donors (Lipinski definition) is 0. The molecule has 0 aromatic heterocycles. The lowest BCUT2D eigenvalue weighted by Gasteiger charge is -2.39. The van der Waals surface area contributed by atoms with Crippen LogP contribution in [0.4, 0.5) is 5.69 Å². The number of anilines is 1. The number of hydrogen-bond acceptors (Lipinski definition) is 3. The third kappa shape index (κ3) is 2.46. The van der Waals surface area contributed by atoms with Crippen molar-refractivity contribution < 1.29 is 8.42 Å². The fourth-order valence-electron chi connectivity index (χ4n) is 3.52. The third-order valence-corrected chi connectivity index (χ3v) is 7.98. The summed E-state index contributed by atoms with van der Waals surface area (Å²) in [7, 11) is -3.53. The van der Waals surface area contributed by atoms with Gasteiger partial charge in [0.25, 0.3) is 10.0 Å². The molecule has 0 radical (unpaired) electrons. The fraction of sp³-hybridized carbons (Fsp3) is 0.333. The Bertz CT molecular complexity index is 830. The van der Waals surface area contributed by atoms with E-state index in [9.17, 15) is 8.42 Å². The Balaban J connectivity index is 1.86. The monoisotopic (exact) mass is 345 g/mol. The molecule has 2 aromatic carbocycles. The van der Waals surface area contributed by atoms with Crippen molar-refractivity contribution in [1.82, 2.24) is 0 Å². The van der Waals surface area contributed by atoms with Crippen LogP contribution >= 0.6 is 11.8 Å². The van der Waals surface area contributed by atoms with Crippen LogP contribution in [0.5, 0.6) is 0 Å². The maximum absolute atomic E-state index is 13.3. The van der Waals surface area contributed by atoms with Crippen molar-refractivity contribution in [1.29, 1.82) is 0 Å². The Hall–Kier alpha value is -1.46. The molecule has 1 aliphatic carbocycles. The molecule has 3 nitrogen and oxygen atoms in total. The number of benzene rings is 2. The van der Waals surface area contributed by atoms with E-state index < -0.39 is 10.0 Å². The Morgan fingerprint density at radius 3 is 2.57 bits per heavy atom. The van der Waals surface area contributed by atoms with Gasteiger partial charge in [-0.3, -0.25) is 4.31 Å². The van der Waals surface area contributed by atoms with Gasteiger partial charge in [-0.15, -0.1) is 11.8 Å². The molecule has 0 amide bonds. The lowest BCUT2D eigenvalue weighted by atomic mass is 10.2. The maximum atomic E-state index is 13.3. The summed E-state index contributed by atoms with van der Waals surface area (Å²) in [5.41, 5.74) is 1.90. The lowest BCUT2D eigenvalue weighted by Crippen LogP contribution is -2.46. The highest BCUT2D eigenvalue weighted by molar-refractivity contribution is 8.00. The normalized spacial score (nSPS) is 23.4.